The highest BCUT2D eigenvalue weighted by Crippen LogP contribution is 1.94. The van der Waals surface area contributed by atoms with Gasteiger partial charge in [-0.1, -0.05) is 27.7 Å². The molecule has 0 aromatic carbocycles. The van der Waals surface area contributed by atoms with Gasteiger partial charge in [-0.05, 0) is 45.3 Å². The van der Waals surface area contributed by atoms with Crippen LogP contribution in [0.2, 0.25) is 0 Å². The molecular formula is C17H39IN4O. The Hall–Kier alpha value is -0.0800. The van der Waals surface area contributed by atoms with Gasteiger partial charge < -0.3 is 20.3 Å². The average Bonchev–Trinajstić information content (AvgIpc) is 2.50. The van der Waals surface area contributed by atoms with Gasteiger partial charge in [-0.3, -0.25) is 4.99 Å². The minimum atomic E-state index is 0. The summed E-state index contributed by atoms with van der Waals surface area (Å²) in [6.45, 7) is 18.6. The van der Waals surface area contributed by atoms with Crippen molar-refractivity contribution in [1.82, 2.24) is 15.5 Å². The van der Waals surface area contributed by atoms with Gasteiger partial charge in [-0.2, -0.15) is 0 Å². The maximum absolute atomic E-state index is 5.57. The van der Waals surface area contributed by atoms with Crippen molar-refractivity contribution in [2.45, 2.75) is 47.5 Å². The maximum Gasteiger partial charge on any atom is 0.191 e. The van der Waals surface area contributed by atoms with E-state index in [2.05, 4.69) is 55.1 Å². The van der Waals surface area contributed by atoms with Crippen LogP contribution in [0.15, 0.2) is 4.99 Å². The van der Waals surface area contributed by atoms with E-state index in [9.17, 15) is 0 Å². The van der Waals surface area contributed by atoms with Crippen LogP contribution in [0.25, 0.3) is 0 Å². The van der Waals surface area contributed by atoms with Crippen LogP contribution in [0.3, 0.4) is 0 Å². The molecule has 0 saturated heterocycles. The highest BCUT2D eigenvalue weighted by molar-refractivity contribution is 14.0. The lowest BCUT2D eigenvalue weighted by Gasteiger charge is -2.18. The molecule has 0 aliphatic heterocycles. The lowest BCUT2D eigenvalue weighted by atomic mass is 10.2. The number of rotatable bonds is 13. The fourth-order valence-corrected chi connectivity index (χ4v) is 2.07. The minimum Gasteiger partial charge on any atom is -0.381 e. The van der Waals surface area contributed by atoms with E-state index >= 15 is 0 Å². The number of hydrogen-bond donors (Lipinski definition) is 2. The Bertz CT molecular complexity index is 271. The number of guanidine groups is 1. The second kappa shape index (κ2) is 18.3. The Labute approximate surface area is 161 Å². The van der Waals surface area contributed by atoms with Crippen molar-refractivity contribution >= 4 is 29.9 Å². The maximum atomic E-state index is 5.57. The van der Waals surface area contributed by atoms with E-state index < -0.39 is 0 Å². The molecule has 0 unspecified atom stereocenters. The van der Waals surface area contributed by atoms with Gasteiger partial charge in [0.25, 0.3) is 0 Å². The lowest BCUT2D eigenvalue weighted by Crippen LogP contribution is -2.39. The van der Waals surface area contributed by atoms with Gasteiger partial charge in [0.15, 0.2) is 5.96 Å². The molecule has 0 atom stereocenters. The normalized spacial score (nSPS) is 11.7. The van der Waals surface area contributed by atoms with Crippen LogP contribution in [-0.4, -0.2) is 63.3 Å². The SMILES string of the molecule is CCNC(=NCCCOCC(C)C)NCCCN(CC)CC.I. The molecular weight excluding hydrogens is 403 g/mol. The topological polar surface area (TPSA) is 48.9 Å². The molecule has 0 heterocycles. The van der Waals surface area contributed by atoms with Crippen molar-refractivity contribution in [2.24, 2.45) is 10.9 Å². The molecule has 0 fully saturated rings. The first-order valence-corrected chi connectivity index (χ1v) is 8.96. The Morgan fingerprint density at radius 3 is 2.35 bits per heavy atom. The molecule has 6 heteroatoms. The van der Waals surface area contributed by atoms with Gasteiger partial charge in [0, 0.05) is 32.8 Å². The summed E-state index contributed by atoms with van der Waals surface area (Å²) in [5, 5.41) is 6.70. The molecule has 23 heavy (non-hydrogen) atoms. The van der Waals surface area contributed by atoms with E-state index in [1.54, 1.807) is 0 Å². The quantitative estimate of drug-likeness (QED) is 0.199. The number of nitrogens with one attached hydrogen (secondary N) is 2. The summed E-state index contributed by atoms with van der Waals surface area (Å²) in [6, 6.07) is 0. The third kappa shape index (κ3) is 16.6. The lowest BCUT2D eigenvalue weighted by molar-refractivity contribution is 0.109. The summed E-state index contributed by atoms with van der Waals surface area (Å²) in [5.41, 5.74) is 0. The van der Waals surface area contributed by atoms with E-state index in [1.165, 1.54) is 0 Å². The summed E-state index contributed by atoms with van der Waals surface area (Å²) in [6.07, 6.45) is 2.12. The van der Waals surface area contributed by atoms with Gasteiger partial charge >= 0.3 is 0 Å². The average molecular weight is 442 g/mol. The molecule has 0 amide bonds. The Morgan fingerprint density at radius 2 is 1.78 bits per heavy atom. The van der Waals surface area contributed by atoms with Crippen LogP contribution in [0, 0.1) is 5.92 Å². The summed E-state index contributed by atoms with van der Waals surface area (Å²) < 4.78 is 5.57. The summed E-state index contributed by atoms with van der Waals surface area (Å²) in [4.78, 5) is 7.03. The number of nitrogens with zero attached hydrogens (tertiary/aromatic N) is 2. The second-order valence-corrected chi connectivity index (χ2v) is 5.89. The fraction of sp³-hybridized carbons (Fsp3) is 0.941. The zero-order valence-corrected chi connectivity index (χ0v) is 18.2. The Kier molecular flexibility index (Phi) is 20.0. The standard InChI is InChI=1S/C17H38N4O.HI/c1-6-18-17(19-11-9-13-21(7-2)8-3)20-12-10-14-22-15-16(4)5;/h16H,6-15H2,1-5H3,(H2,18,19,20);1H. The number of hydrogen-bond acceptors (Lipinski definition) is 3. The first-order valence-electron chi connectivity index (χ1n) is 8.96. The van der Waals surface area contributed by atoms with E-state index in [0.717, 1.165) is 71.3 Å². The third-order valence-electron chi connectivity index (χ3n) is 3.35. The van der Waals surface area contributed by atoms with E-state index in [0.29, 0.717) is 5.92 Å². The second-order valence-electron chi connectivity index (χ2n) is 5.89. The summed E-state index contributed by atoms with van der Waals surface area (Å²) in [7, 11) is 0. The number of halogens is 1. The minimum absolute atomic E-state index is 0. The van der Waals surface area contributed by atoms with Crippen LogP contribution in [0.1, 0.15) is 47.5 Å². The van der Waals surface area contributed by atoms with Crippen molar-refractivity contribution in [3.8, 4) is 0 Å². The summed E-state index contributed by atoms with van der Waals surface area (Å²) >= 11 is 0. The van der Waals surface area contributed by atoms with E-state index in [-0.39, 0.29) is 24.0 Å². The van der Waals surface area contributed by atoms with E-state index in [4.69, 9.17) is 4.74 Å². The highest BCUT2D eigenvalue weighted by atomic mass is 127. The van der Waals surface area contributed by atoms with Gasteiger partial charge in [0.05, 0.1) is 0 Å². The van der Waals surface area contributed by atoms with Crippen molar-refractivity contribution in [2.75, 3.05) is 52.5 Å². The highest BCUT2D eigenvalue weighted by Gasteiger charge is 2.00. The van der Waals surface area contributed by atoms with Crippen molar-refractivity contribution in [3.05, 3.63) is 0 Å². The molecule has 0 radical (unpaired) electrons. The van der Waals surface area contributed by atoms with Gasteiger partial charge in [0.1, 0.15) is 0 Å². The van der Waals surface area contributed by atoms with Crippen LogP contribution in [0.4, 0.5) is 0 Å². The first-order chi connectivity index (χ1) is 10.6. The molecule has 0 aliphatic carbocycles. The van der Waals surface area contributed by atoms with Crippen LogP contribution in [0.5, 0.6) is 0 Å². The molecule has 2 N–H and O–H groups in total. The van der Waals surface area contributed by atoms with E-state index in [1.807, 2.05) is 0 Å². The Morgan fingerprint density at radius 1 is 1.09 bits per heavy atom. The van der Waals surface area contributed by atoms with Crippen LogP contribution in [-0.2, 0) is 4.74 Å². The number of aliphatic imine (C=N–C) groups is 1. The predicted octanol–water partition coefficient (Wildman–Crippen LogP) is 2.95. The molecule has 0 aliphatic rings. The molecule has 0 bridgehead atoms. The predicted molar refractivity (Wildman–Crippen MR) is 112 cm³/mol. The number of ether oxygens (including phenoxy) is 1. The molecule has 5 nitrogen and oxygen atoms in total. The van der Waals surface area contributed by atoms with Crippen molar-refractivity contribution in [3.63, 3.8) is 0 Å². The molecule has 0 aromatic rings. The Balaban J connectivity index is 0. The third-order valence-corrected chi connectivity index (χ3v) is 3.35. The zero-order chi connectivity index (χ0) is 16.6. The van der Waals surface area contributed by atoms with Gasteiger partial charge in [-0.15, -0.1) is 24.0 Å². The monoisotopic (exact) mass is 442 g/mol. The molecule has 0 saturated carbocycles. The van der Waals surface area contributed by atoms with Gasteiger partial charge in [0.2, 0.25) is 0 Å². The molecule has 0 spiro atoms. The van der Waals surface area contributed by atoms with Crippen molar-refractivity contribution < 1.29 is 4.74 Å². The van der Waals surface area contributed by atoms with Crippen LogP contribution < -0.4 is 10.6 Å². The van der Waals surface area contributed by atoms with Crippen molar-refractivity contribution in [1.29, 1.82) is 0 Å². The van der Waals surface area contributed by atoms with Gasteiger partial charge in [-0.25, -0.2) is 0 Å². The van der Waals surface area contributed by atoms with Crippen LogP contribution >= 0.6 is 24.0 Å². The first kappa shape index (κ1) is 25.2. The molecule has 140 valence electrons. The fourth-order valence-electron chi connectivity index (χ4n) is 2.07. The molecule has 0 aromatic heterocycles. The summed E-state index contributed by atoms with van der Waals surface area (Å²) in [5.74, 6) is 1.53. The smallest absolute Gasteiger partial charge is 0.191 e. The molecule has 0 rings (SSSR count). The largest absolute Gasteiger partial charge is 0.381 e. The zero-order valence-electron chi connectivity index (χ0n) is 15.9.